The first-order chi connectivity index (χ1) is 9.41. The van der Waals surface area contributed by atoms with Crippen LogP contribution in [0.3, 0.4) is 0 Å². The molecular formula is C14H16F3NO2. The van der Waals surface area contributed by atoms with Crippen molar-refractivity contribution < 1.29 is 22.7 Å². The van der Waals surface area contributed by atoms with Crippen molar-refractivity contribution in [3.63, 3.8) is 0 Å². The van der Waals surface area contributed by atoms with Gasteiger partial charge >= 0.3 is 12.1 Å². The lowest BCUT2D eigenvalue weighted by atomic mass is 10.0. The first-order valence-corrected chi connectivity index (χ1v) is 6.42. The number of alkyl halides is 3. The molecule has 2 rings (SSSR count). The van der Waals surface area contributed by atoms with Gasteiger partial charge in [0.25, 0.3) is 0 Å². The minimum absolute atomic E-state index is 0.180. The summed E-state index contributed by atoms with van der Waals surface area (Å²) in [6.45, 7) is 0.180. The highest BCUT2D eigenvalue weighted by Crippen LogP contribution is 2.27. The number of hydrogen-bond acceptors (Lipinski definition) is 2. The van der Waals surface area contributed by atoms with Crippen LogP contribution in [0.25, 0.3) is 0 Å². The maximum atomic E-state index is 12.5. The number of rotatable bonds is 3. The zero-order valence-corrected chi connectivity index (χ0v) is 11.1. The molecule has 20 heavy (non-hydrogen) atoms. The van der Waals surface area contributed by atoms with E-state index in [2.05, 4.69) is 0 Å². The molecule has 6 heteroatoms. The van der Waals surface area contributed by atoms with E-state index >= 15 is 0 Å². The zero-order valence-electron chi connectivity index (χ0n) is 11.1. The van der Waals surface area contributed by atoms with Gasteiger partial charge in [0.15, 0.2) is 0 Å². The Kier molecular flexibility index (Phi) is 4.20. The summed E-state index contributed by atoms with van der Waals surface area (Å²) in [5.74, 6) is -1.03. The van der Waals surface area contributed by atoms with Gasteiger partial charge in [0.1, 0.15) is 5.75 Å². The van der Waals surface area contributed by atoms with Crippen molar-refractivity contribution in [2.45, 2.75) is 31.5 Å². The average molecular weight is 287 g/mol. The van der Waals surface area contributed by atoms with E-state index in [-0.39, 0.29) is 12.6 Å². The fourth-order valence-corrected chi connectivity index (χ4v) is 2.51. The van der Waals surface area contributed by atoms with Crippen molar-refractivity contribution in [3.05, 3.63) is 29.8 Å². The predicted molar refractivity (Wildman–Crippen MR) is 67.5 cm³/mol. The molecule has 1 aromatic carbocycles. The first-order valence-electron chi connectivity index (χ1n) is 6.42. The van der Waals surface area contributed by atoms with Gasteiger partial charge in [-0.15, -0.1) is 0 Å². The van der Waals surface area contributed by atoms with Crippen molar-refractivity contribution >= 4 is 5.91 Å². The van der Waals surface area contributed by atoms with E-state index in [0.29, 0.717) is 25.0 Å². The van der Waals surface area contributed by atoms with Gasteiger partial charge in [-0.05, 0) is 37.0 Å². The van der Waals surface area contributed by atoms with Crippen LogP contribution in [0.15, 0.2) is 24.3 Å². The van der Waals surface area contributed by atoms with Crippen LogP contribution >= 0.6 is 0 Å². The second-order valence-electron chi connectivity index (χ2n) is 4.84. The first kappa shape index (κ1) is 14.7. The molecule has 1 aliphatic rings. The van der Waals surface area contributed by atoms with Crippen LogP contribution in [-0.4, -0.2) is 36.7 Å². The highest BCUT2D eigenvalue weighted by atomic mass is 19.4. The van der Waals surface area contributed by atoms with Crippen LogP contribution in [0, 0.1) is 0 Å². The highest BCUT2D eigenvalue weighted by molar-refractivity contribution is 5.82. The SMILES string of the molecule is COc1ccc(CC2CCCN2C(=O)C(F)(F)F)cc1. The molecule has 1 unspecified atom stereocenters. The van der Waals surface area contributed by atoms with E-state index in [1.807, 2.05) is 12.1 Å². The molecule has 110 valence electrons. The molecule has 1 atom stereocenters. The molecule has 1 fully saturated rings. The van der Waals surface area contributed by atoms with E-state index in [9.17, 15) is 18.0 Å². The molecule has 1 saturated heterocycles. The fourth-order valence-electron chi connectivity index (χ4n) is 2.51. The summed E-state index contributed by atoms with van der Waals surface area (Å²) in [5, 5.41) is 0. The molecule has 0 aromatic heterocycles. The molecule has 0 N–H and O–H groups in total. The van der Waals surface area contributed by atoms with Gasteiger partial charge in [0.05, 0.1) is 7.11 Å². The molecule has 1 aromatic rings. The Morgan fingerprint density at radius 3 is 2.55 bits per heavy atom. The number of hydrogen-bond donors (Lipinski definition) is 0. The third kappa shape index (κ3) is 3.23. The lowest BCUT2D eigenvalue weighted by Gasteiger charge is -2.25. The van der Waals surface area contributed by atoms with Gasteiger partial charge < -0.3 is 9.64 Å². The van der Waals surface area contributed by atoms with E-state index in [1.54, 1.807) is 19.2 Å². The van der Waals surface area contributed by atoms with Crippen molar-refractivity contribution in [2.24, 2.45) is 0 Å². The van der Waals surface area contributed by atoms with Crippen LogP contribution in [0.4, 0.5) is 13.2 Å². The fraction of sp³-hybridized carbons (Fsp3) is 0.500. The van der Waals surface area contributed by atoms with Gasteiger partial charge in [0, 0.05) is 12.6 Å². The number of halogens is 3. The van der Waals surface area contributed by atoms with Gasteiger partial charge in [-0.1, -0.05) is 12.1 Å². The lowest BCUT2D eigenvalue weighted by Crippen LogP contribution is -2.44. The smallest absolute Gasteiger partial charge is 0.471 e. The number of ether oxygens (including phenoxy) is 1. The van der Waals surface area contributed by atoms with Crippen LogP contribution < -0.4 is 4.74 Å². The lowest BCUT2D eigenvalue weighted by molar-refractivity contribution is -0.186. The molecule has 0 radical (unpaired) electrons. The maximum absolute atomic E-state index is 12.5. The van der Waals surface area contributed by atoms with E-state index < -0.39 is 12.1 Å². The number of likely N-dealkylation sites (tertiary alicyclic amines) is 1. The number of amides is 1. The third-order valence-corrected chi connectivity index (χ3v) is 3.51. The second kappa shape index (κ2) is 5.73. The molecule has 0 saturated carbocycles. The average Bonchev–Trinajstić information content (AvgIpc) is 2.85. The van der Waals surface area contributed by atoms with Gasteiger partial charge in [-0.2, -0.15) is 13.2 Å². The van der Waals surface area contributed by atoms with Crippen molar-refractivity contribution in [3.8, 4) is 5.75 Å². The minimum Gasteiger partial charge on any atom is -0.497 e. The summed E-state index contributed by atoms with van der Waals surface area (Å²) in [4.78, 5) is 12.3. The van der Waals surface area contributed by atoms with E-state index in [4.69, 9.17) is 4.74 Å². The van der Waals surface area contributed by atoms with Crippen molar-refractivity contribution in [1.29, 1.82) is 0 Å². The van der Waals surface area contributed by atoms with Gasteiger partial charge in [-0.3, -0.25) is 4.79 Å². The summed E-state index contributed by atoms with van der Waals surface area (Å²) >= 11 is 0. The Balaban J connectivity index is 2.05. The second-order valence-corrected chi connectivity index (χ2v) is 4.84. The topological polar surface area (TPSA) is 29.5 Å². The normalized spacial score (nSPS) is 19.2. The molecule has 1 aliphatic heterocycles. The van der Waals surface area contributed by atoms with Crippen molar-refractivity contribution in [1.82, 2.24) is 4.90 Å². The number of methoxy groups -OCH3 is 1. The quantitative estimate of drug-likeness (QED) is 0.855. The monoisotopic (exact) mass is 287 g/mol. The third-order valence-electron chi connectivity index (χ3n) is 3.51. The van der Waals surface area contributed by atoms with Crippen molar-refractivity contribution in [2.75, 3.05) is 13.7 Å². The molecule has 1 heterocycles. The molecule has 0 spiro atoms. The van der Waals surface area contributed by atoms with Gasteiger partial charge in [0.2, 0.25) is 0 Å². The summed E-state index contributed by atoms with van der Waals surface area (Å²) in [6.07, 6.45) is -3.13. The van der Waals surface area contributed by atoms with Crippen LogP contribution in [0.1, 0.15) is 18.4 Å². The number of nitrogens with zero attached hydrogens (tertiary/aromatic N) is 1. The number of carbonyl (C=O) groups is 1. The largest absolute Gasteiger partial charge is 0.497 e. The summed E-state index contributed by atoms with van der Waals surface area (Å²) in [5.41, 5.74) is 0.901. The molecule has 1 amide bonds. The zero-order chi connectivity index (χ0) is 14.8. The Morgan fingerprint density at radius 1 is 1.35 bits per heavy atom. The van der Waals surface area contributed by atoms with Crippen LogP contribution in [-0.2, 0) is 11.2 Å². The predicted octanol–water partition coefficient (Wildman–Crippen LogP) is 2.79. The Bertz CT molecular complexity index is 470. The van der Waals surface area contributed by atoms with Crippen LogP contribution in [0.5, 0.6) is 5.75 Å². The summed E-state index contributed by atoms with van der Waals surface area (Å²) in [6, 6.07) is 6.78. The van der Waals surface area contributed by atoms with E-state index in [1.165, 1.54) is 0 Å². The molecule has 0 bridgehead atoms. The molecule has 0 aliphatic carbocycles. The maximum Gasteiger partial charge on any atom is 0.471 e. The highest BCUT2D eigenvalue weighted by Gasteiger charge is 2.45. The number of carbonyl (C=O) groups excluding carboxylic acids is 1. The van der Waals surface area contributed by atoms with E-state index in [0.717, 1.165) is 10.5 Å². The molecule has 3 nitrogen and oxygen atoms in total. The molecular weight excluding hydrogens is 271 g/mol. The standard InChI is InChI=1S/C14H16F3NO2/c1-20-12-6-4-10(5-7-12)9-11-3-2-8-18(11)13(19)14(15,16)17/h4-7,11H,2-3,8-9H2,1H3. The Morgan fingerprint density at radius 2 is 2.00 bits per heavy atom. The van der Waals surface area contributed by atoms with Gasteiger partial charge in [-0.25, -0.2) is 0 Å². The minimum atomic E-state index is -4.79. The summed E-state index contributed by atoms with van der Waals surface area (Å²) in [7, 11) is 1.55. The number of benzene rings is 1. The van der Waals surface area contributed by atoms with Crippen LogP contribution in [0.2, 0.25) is 0 Å². The summed E-state index contributed by atoms with van der Waals surface area (Å²) < 4.78 is 42.5. The Hall–Kier alpha value is -1.72. The Labute approximate surface area is 115 Å².